The molecule has 0 unspecified atom stereocenters. The van der Waals surface area contributed by atoms with Crippen molar-refractivity contribution in [1.82, 2.24) is 5.43 Å². The number of hydrogen-bond acceptors (Lipinski definition) is 6. The van der Waals surface area contributed by atoms with Crippen molar-refractivity contribution in [1.29, 1.82) is 0 Å². The number of nitro groups is 1. The highest BCUT2D eigenvalue weighted by Crippen LogP contribution is 2.30. The molecule has 0 radical (unpaired) electrons. The number of nitro benzene ring substituents is 1. The van der Waals surface area contributed by atoms with E-state index < -0.39 is 4.92 Å². The fraction of sp³-hybridized carbons (Fsp3) is 0.0526. The number of hydrazone groups is 1. The molecule has 29 heavy (non-hydrogen) atoms. The maximum atomic E-state index is 11.8. The zero-order chi connectivity index (χ0) is 20.8. The summed E-state index contributed by atoms with van der Waals surface area (Å²) in [5.41, 5.74) is 3.52. The summed E-state index contributed by atoms with van der Waals surface area (Å²) in [6, 6.07) is 15.3. The molecule has 0 spiro atoms. The summed E-state index contributed by atoms with van der Waals surface area (Å²) in [6.07, 6.45) is 1.34. The maximum absolute atomic E-state index is 11.8. The van der Waals surface area contributed by atoms with Crippen molar-refractivity contribution in [3.05, 3.63) is 79.1 Å². The van der Waals surface area contributed by atoms with Gasteiger partial charge in [0.1, 0.15) is 16.5 Å². The number of furan rings is 1. The van der Waals surface area contributed by atoms with Crippen molar-refractivity contribution in [2.75, 3.05) is 11.9 Å². The Morgan fingerprint density at radius 2 is 1.97 bits per heavy atom. The van der Waals surface area contributed by atoms with Crippen LogP contribution in [0.1, 0.15) is 5.76 Å². The van der Waals surface area contributed by atoms with Gasteiger partial charge < -0.3 is 9.73 Å². The number of anilines is 1. The smallest absolute Gasteiger partial charge is 0.288 e. The van der Waals surface area contributed by atoms with Crippen LogP contribution in [0.25, 0.3) is 11.3 Å². The highest BCUT2D eigenvalue weighted by atomic mass is 127. The minimum atomic E-state index is -0.559. The molecule has 3 aromatic rings. The van der Waals surface area contributed by atoms with Crippen LogP contribution in [0.4, 0.5) is 11.4 Å². The highest BCUT2D eigenvalue weighted by Gasteiger charge is 2.15. The zero-order valence-electron chi connectivity index (χ0n) is 14.8. The fourth-order valence-electron chi connectivity index (χ4n) is 2.34. The van der Waals surface area contributed by atoms with Crippen LogP contribution < -0.4 is 10.7 Å². The molecule has 0 aliphatic carbocycles. The van der Waals surface area contributed by atoms with Gasteiger partial charge >= 0.3 is 0 Å². The van der Waals surface area contributed by atoms with Crippen molar-refractivity contribution in [3.8, 4) is 11.3 Å². The number of carbonyl (C=O) groups excluding carboxylic acids is 1. The van der Waals surface area contributed by atoms with Crippen molar-refractivity contribution in [2.45, 2.75) is 0 Å². The first kappa shape index (κ1) is 20.8. The van der Waals surface area contributed by atoms with Gasteiger partial charge in [0, 0.05) is 20.9 Å². The van der Waals surface area contributed by atoms with Crippen LogP contribution in [0, 0.1) is 13.7 Å². The lowest BCUT2D eigenvalue weighted by Gasteiger charge is -2.04. The number of nitrogens with one attached hydrogen (secondary N) is 2. The van der Waals surface area contributed by atoms with Crippen LogP contribution in [0.2, 0.25) is 5.02 Å². The molecule has 10 heteroatoms. The fourth-order valence-corrected chi connectivity index (χ4v) is 2.89. The lowest BCUT2D eigenvalue weighted by atomic mass is 10.1. The van der Waals surface area contributed by atoms with Gasteiger partial charge in [0.05, 0.1) is 17.7 Å². The molecule has 3 rings (SSSR count). The average Bonchev–Trinajstić information content (AvgIpc) is 3.16. The molecule has 8 nitrogen and oxygen atoms in total. The maximum Gasteiger partial charge on any atom is 0.288 e. The van der Waals surface area contributed by atoms with Crippen LogP contribution in [0.15, 0.2) is 64.1 Å². The van der Waals surface area contributed by atoms with Crippen molar-refractivity contribution in [3.63, 3.8) is 0 Å². The van der Waals surface area contributed by atoms with Gasteiger partial charge in [0.2, 0.25) is 0 Å². The van der Waals surface area contributed by atoms with E-state index >= 15 is 0 Å². The third kappa shape index (κ3) is 5.78. The van der Waals surface area contributed by atoms with E-state index in [9.17, 15) is 14.9 Å². The second kappa shape index (κ2) is 9.52. The molecule has 2 N–H and O–H groups in total. The SMILES string of the molecule is O=C(CNc1ccc(I)cc1)N/N=C/c1ccc(-c2ccc(Cl)c([N+](=O)[O-])c2)o1. The molecule has 0 atom stereocenters. The summed E-state index contributed by atoms with van der Waals surface area (Å²) in [7, 11) is 0. The monoisotopic (exact) mass is 524 g/mol. The minimum Gasteiger partial charge on any atom is -0.455 e. The Labute approximate surface area is 184 Å². The first-order valence-electron chi connectivity index (χ1n) is 8.28. The molecule has 0 aliphatic heterocycles. The molecule has 1 heterocycles. The molecule has 1 amide bonds. The van der Waals surface area contributed by atoms with Crippen LogP contribution >= 0.6 is 34.2 Å². The number of amides is 1. The molecule has 0 aliphatic rings. The largest absolute Gasteiger partial charge is 0.455 e. The lowest BCUT2D eigenvalue weighted by molar-refractivity contribution is -0.384. The Morgan fingerprint density at radius 3 is 2.69 bits per heavy atom. The normalized spacial score (nSPS) is 10.8. The average molecular weight is 525 g/mol. The third-order valence-electron chi connectivity index (χ3n) is 3.73. The molecule has 148 valence electrons. The number of hydrogen-bond donors (Lipinski definition) is 2. The first-order valence-corrected chi connectivity index (χ1v) is 9.73. The van der Waals surface area contributed by atoms with Gasteiger partial charge in [-0.3, -0.25) is 14.9 Å². The molecule has 2 aromatic carbocycles. The Morgan fingerprint density at radius 1 is 1.21 bits per heavy atom. The summed E-state index contributed by atoms with van der Waals surface area (Å²) >= 11 is 8.02. The lowest BCUT2D eigenvalue weighted by Crippen LogP contribution is -2.25. The van der Waals surface area contributed by atoms with E-state index in [1.807, 2.05) is 24.3 Å². The van der Waals surface area contributed by atoms with Crippen molar-refractivity contribution < 1.29 is 14.1 Å². The van der Waals surface area contributed by atoms with E-state index in [4.69, 9.17) is 16.0 Å². The van der Waals surface area contributed by atoms with Gasteiger partial charge in [-0.25, -0.2) is 5.43 Å². The Hall–Kier alpha value is -2.92. The Balaban J connectivity index is 1.56. The Bertz CT molecular complexity index is 1070. The number of carbonyl (C=O) groups is 1. The molecule has 0 saturated heterocycles. The topological polar surface area (TPSA) is 110 Å². The molecule has 0 bridgehead atoms. The second-order valence-electron chi connectivity index (χ2n) is 5.78. The van der Waals surface area contributed by atoms with E-state index in [0.717, 1.165) is 9.26 Å². The molecule has 0 fully saturated rings. The standard InChI is InChI=1S/C19H14ClIN4O4/c20-16-7-1-12(9-17(16)25(27)28)18-8-6-15(29-18)10-23-24-19(26)11-22-14-4-2-13(21)3-5-14/h1-10,22H,11H2,(H,24,26)/b23-10+. The van der Waals surface area contributed by atoms with Gasteiger partial charge in [-0.2, -0.15) is 5.10 Å². The van der Waals surface area contributed by atoms with E-state index in [1.165, 1.54) is 18.3 Å². The van der Waals surface area contributed by atoms with Gasteiger partial charge in [-0.05, 0) is 71.1 Å². The Kier molecular flexibility index (Phi) is 6.83. The first-order chi connectivity index (χ1) is 13.9. The second-order valence-corrected chi connectivity index (χ2v) is 7.43. The van der Waals surface area contributed by atoms with E-state index in [1.54, 1.807) is 18.2 Å². The van der Waals surface area contributed by atoms with Gasteiger partial charge in [-0.15, -0.1) is 0 Å². The van der Waals surface area contributed by atoms with Gasteiger partial charge in [0.15, 0.2) is 0 Å². The van der Waals surface area contributed by atoms with E-state index in [2.05, 4.69) is 38.4 Å². The number of benzene rings is 2. The molecule has 1 aromatic heterocycles. The number of rotatable bonds is 7. The number of halogens is 2. The van der Waals surface area contributed by atoms with Crippen LogP contribution in [-0.2, 0) is 4.79 Å². The van der Waals surface area contributed by atoms with Crippen molar-refractivity contribution in [2.24, 2.45) is 5.10 Å². The summed E-state index contributed by atoms with van der Waals surface area (Å²) < 4.78 is 6.69. The third-order valence-corrected chi connectivity index (χ3v) is 4.77. The minimum absolute atomic E-state index is 0.0497. The summed E-state index contributed by atoms with van der Waals surface area (Å²) in [4.78, 5) is 22.3. The van der Waals surface area contributed by atoms with Gasteiger partial charge in [0.25, 0.3) is 11.6 Å². The van der Waals surface area contributed by atoms with E-state index in [0.29, 0.717) is 17.1 Å². The highest BCUT2D eigenvalue weighted by molar-refractivity contribution is 14.1. The van der Waals surface area contributed by atoms with E-state index in [-0.39, 0.29) is 23.2 Å². The molecular weight excluding hydrogens is 511 g/mol. The predicted molar refractivity (Wildman–Crippen MR) is 119 cm³/mol. The zero-order valence-corrected chi connectivity index (χ0v) is 17.7. The number of nitrogens with zero attached hydrogens (tertiary/aromatic N) is 2. The summed E-state index contributed by atoms with van der Waals surface area (Å²) in [5, 5.41) is 17.9. The predicted octanol–water partition coefficient (Wildman–Crippen LogP) is 4.68. The summed E-state index contributed by atoms with van der Waals surface area (Å²) in [5.74, 6) is 0.473. The summed E-state index contributed by atoms with van der Waals surface area (Å²) in [6.45, 7) is 0.0653. The van der Waals surface area contributed by atoms with Gasteiger partial charge in [-0.1, -0.05) is 11.6 Å². The van der Waals surface area contributed by atoms with Crippen molar-refractivity contribution >= 4 is 57.7 Å². The van der Waals surface area contributed by atoms with Crippen LogP contribution in [0.3, 0.4) is 0 Å². The van der Waals surface area contributed by atoms with Crippen LogP contribution in [-0.4, -0.2) is 23.6 Å². The quantitative estimate of drug-likeness (QED) is 0.202. The van der Waals surface area contributed by atoms with Crippen LogP contribution in [0.5, 0.6) is 0 Å². The molecule has 0 saturated carbocycles. The molecular formula is C19H14ClIN4O4.